The zero-order valence-corrected chi connectivity index (χ0v) is 7.46. The molecule has 0 aromatic heterocycles. The highest BCUT2D eigenvalue weighted by atomic mass is 32.1. The van der Waals surface area contributed by atoms with Crippen molar-refractivity contribution in [2.75, 3.05) is 6.61 Å². The minimum atomic E-state index is -1.69. The lowest BCUT2D eigenvalue weighted by Crippen LogP contribution is -2.46. The van der Waals surface area contributed by atoms with E-state index in [1.807, 2.05) is 0 Å². The van der Waals surface area contributed by atoms with Crippen molar-refractivity contribution < 1.29 is 29.7 Å². The SMILES string of the molecule is O=S=C[C@H](O)[C@@H](O)[C@H](O)[C@H](O)CO. The monoisotopic (exact) mass is 212 g/mol. The van der Waals surface area contributed by atoms with Crippen molar-refractivity contribution in [3.8, 4) is 0 Å². The van der Waals surface area contributed by atoms with Gasteiger partial charge in [-0.25, -0.2) is 4.21 Å². The number of aliphatic hydroxyl groups is 5. The molecule has 0 aromatic rings. The fourth-order valence-electron chi connectivity index (χ4n) is 0.675. The molecule has 0 aliphatic rings. The molecule has 0 aliphatic heterocycles. The average Bonchev–Trinajstić information content (AvgIpc) is 2.14. The summed E-state index contributed by atoms with van der Waals surface area (Å²) in [6, 6.07) is 0. The molecule has 0 saturated carbocycles. The molecular formula is C6H12O6S. The van der Waals surface area contributed by atoms with Gasteiger partial charge in [-0.1, -0.05) is 0 Å². The van der Waals surface area contributed by atoms with Gasteiger partial charge in [0.2, 0.25) is 0 Å². The molecule has 4 atom stereocenters. The Balaban J connectivity index is 4.23. The predicted molar refractivity (Wildman–Crippen MR) is 45.3 cm³/mol. The van der Waals surface area contributed by atoms with Gasteiger partial charge in [0.1, 0.15) is 24.4 Å². The maximum Gasteiger partial charge on any atom is 0.113 e. The maximum atomic E-state index is 9.90. The fraction of sp³-hybridized carbons (Fsp3) is 0.833. The Bertz CT molecular complexity index is 192. The lowest BCUT2D eigenvalue weighted by molar-refractivity contribution is -0.0996. The molecule has 0 rings (SSSR count). The van der Waals surface area contributed by atoms with Crippen molar-refractivity contribution in [1.82, 2.24) is 0 Å². The molecule has 0 heterocycles. The van der Waals surface area contributed by atoms with Gasteiger partial charge in [-0.05, 0) is 0 Å². The van der Waals surface area contributed by atoms with Gasteiger partial charge in [0, 0.05) is 5.37 Å². The fourth-order valence-corrected chi connectivity index (χ4v) is 0.950. The largest absolute Gasteiger partial charge is 0.394 e. The van der Waals surface area contributed by atoms with E-state index >= 15 is 0 Å². The standard InChI is InChI=1S/C6H12O6S/c7-1-3(8)5(10)6(11)4(9)2-13-12/h2-11H,1H2/t3-,4+,5-,6-/m1/s1. The van der Waals surface area contributed by atoms with Crippen LogP contribution < -0.4 is 0 Å². The van der Waals surface area contributed by atoms with Gasteiger partial charge in [0.05, 0.1) is 17.9 Å². The minimum Gasteiger partial charge on any atom is -0.394 e. The summed E-state index contributed by atoms with van der Waals surface area (Å²) in [6.07, 6.45) is -6.47. The van der Waals surface area contributed by atoms with Crippen molar-refractivity contribution in [3.05, 3.63) is 0 Å². The third kappa shape index (κ3) is 3.94. The highest BCUT2D eigenvalue weighted by Gasteiger charge is 2.28. The molecule has 0 fully saturated rings. The summed E-state index contributed by atoms with van der Waals surface area (Å²) >= 11 is -0.0655. The second-order valence-electron chi connectivity index (χ2n) is 2.45. The van der Waals surface area contributed by atoms with Crippen LogP contribution in [0.25, 0.3) is 0 Å². The van der Waals surface area contributed by atoms with E-state index in [4.69, 9.17) is 25.5 Å². The normalized spacial score (nSPS) is 20.1. The van der Waals surface area contributed by atoms with Crippen molar-refractivity contribution in [1.29, 1.82) is 0 Å². The first kappa shape index (κ1) is 12.7. The van der Waals surface area contributed by atoms with E-state index in [1.165, 1.54) is 0 Å². The topological polar surface area (TPSA) is 118 Å². The summed E-state index contributed by atoms with van der Waals surface area (Å²) < 4.78 is 9.90. The predicted octanol–water partition coefficient (Wildman–Crippen LogP) is -3.56. The van der Waals surface area contributed by atoms with E-state index < -0.39 is 31.0 Å². The van der Waals surface area contributed by atoms with Crippen LogP contribution >= 0.6 is 0 Å². The smallest absolute Gasteiger partial charge is 0.113 e. The molecule has 78 valence electrons. The quantitative estimate of drug-likeness (QED) is 0.301. The first-order chi connectivity index (χ1) is 6.04. The molecule has 0 spiro atoms. The van der Waals surface area contributed by atoms with Gasteiger partial charge < -0.3 is 25.5 Å². The molecule has 0 unspecified atom stereocenters. The molecule has 6 nitrogen and oxygen atoms in total. The van der Waals surface area contributed by atoms with E-state index in [0.29, 0.717) is 0 Å². The summed E-state index contributed by atoms with van der Waals surface area (Å²) in [5.41, 5.74) is 0. The van der Waals surface area contributed by atoms with Crippen LogP contribution in [0.2, 0.25) is 0 Å². The summed E-state index contributed by atoms with van der Waals surface area (Å²) in [7, 11) is 0. The highest BCUT2D eigenvalue weighted by molar-refractivity contribution is 7.64. The maximum absolute atomic E-state index is 9.90. The molecule has 0 amide bonds. The van der Waals surface area contributed by atoms with E-state index in [-0.39, 0.29) is 11.3 Å². The Hall–Kier alpha value is -0.310. The van der Waals surface area contributed by atoms with E-state index in [0.717, 1.165) is 5.37 Å². The van der Waals surface area contributed by atoms with E-state index in [2.05, 4.69) is 0 Å². The van der Waals surface area contributed by atoms with Gasteiger partial charge in [-0.2, -0.15) is 0 Å². The number of hydrogen-bond donors (Lipinski definition) is 5. The molecule has 0 radical (unpaired) electrons. The lowest BCUT2D eigenvalue weighted by atomic mass is 10.0. The van der Waals surface area contributed by atoms with Crippen LogP contribution in [0.1, 0.15) is 0 Å². The summed E-state index contributed by atoms with van der Waals surface area (Å²) in [4.78, 5) is 0. The molecule has 7 heteroatoms. The van der Waals surface area contributed by atoms with E-state index in [9.17, 15) is 4.21 Å². The number of aliphatic hydroxyl groups excluding tert-OH is 5. The third-order valence-corrected chi connectivity index (χ3v) is 1.87. The number of hydrogen-bond acceptors (Lipinski definition) is 6. The van der Waals surface area contributed by atoms with Crippen LogP contribution in [-0.2, 0) is 11.3 Å². The number of rotatable bonds is 5. The molecule has 5 N–H and O–H groups in total. The van der Waals surface area contributed by atoms with Crippen LogP contribution in [0.15, 0.2) is 0 Å². The minimum absolute atomic E-state index is 0.0655. The third-order valence-electron chi connectivity index (χ3n) is 1.48. The van der Waals surface area contributed by atoms with Gasteiger partial charge in [0.15, 0.2) is 0 Å². The second-order valence-corrected chi connectivity index (χ2v) is 2.92. The lowest BCUT2D eigenvalue weighted by Gasteiger charge is -2.23. The van der Waals surface area contributed by atoms with Crippen LogP contribution in [0, 0.1) is 0 Å². The Morgan fingerprint density at radius 3 is 2.08 bits per heavy atom. The van der Waals surface area contributed by atoms with Gasteiger partial charge in [-0.15, -0.1) is 0 Å². The van der Waals surface area contributed by atoms with Crippen LogP contribution in [-0.4, -0.2) is 66.1 Å². The van der Waals surface area contributed by atoms with Crippen LogP contribution in [0.3, 0.4) is 0 Å². The second kappa shape index (κ2) is 6.19. The molecule has 0 aromatic carbocycles. The van der Waals surface area contributed by atoms with Crippen LogP contribution in [0.5, 0.6) is 0 Å². The first-order valence-corrected chi connectivity index (χ1v) is 4.30. The molecule has 13 heavy (non-hydrogen) atoms. The van der Waals surface area contributed by atoms with Crippen molar-refractivity contribution in [2.24, 2.45) is 0 Å². The highest BCUT2D eigenvalue weighted by Crippen LogP contribution is 2.03. The van der Waals surface area contributed by atoms with Gasteiger partial charge >= 0.3 is 0 Å². The molecule has 0 saturated heterocycles. The Labute approximate surface area is 78.1 Å². The molecule has 0 bridgehead atoms. The zero-order valence-electron chi connectivity index (χ0n) is 6.65. The summed E-state index contributed by atoms with van der Waals surface area (Å²) in [5, 5.41) is 45.0. The molecular weight excluding hydrogens is 200 g/mol. The van der Waals surface area contributed by atoms with E-state index in [1.54, 1.807) is 0 Å². The van der Waals surface area contributed by atoms with Crippen molar-refractivity contribution in [2.45, 2.75) is 24.4 Å². The Morgan fingerprint density at radius 1 is 1.15 bits per heavy atom. The zero-order chi connectivity index (χ0) is 10.4. The van der Waals surface area contributed by atoms with Gasteiger partial charge in [0.25, 0.3) is 0 Å². The van der Waals surface area contributed by atoms with Gasteiger partial charge in [-0.3, -0.25) is 0 Å². The first-order valence-electron chi connectivity index (χ1n) is 3.49. The average molecular weight is 212 g/mol. The Morgan fingerprint density at radius 2 is 1.69 bits per heavy atom. The summed E-state index contributed by atoms with van der Waals surface area (Å²) in [6.45, 7) is -0.741. The van der Waals surface area contributed by atoms with Crippen molar-refractivity contribution in [3.63, 3.8) is 0 Å². The van der Waals surface area contributed by atoms with Crippen LogP contribution in [0.4, 0.5) is 0 Å². The summed E-state index contributed by atoms with van der Waals surface area (Å²) in [5.74, 6) is 0. The Kier molecular flexibility index (Phi) is 6.04. The van der Waals surface area contributed by atoms with Crippen molar-refractivity contribution >= 4 is 16.6 Å². The molecule has 0 aliphatic carbocycles.